The molecule has 20 heavy (non-hydrogen) atoms. The first kappa shape index (κ1) is 17.9. The summed E-state index contributed by atoms with van der Waals surface area (Å²) in [7, 11) is 0. The lowest BCUT2D eigenvalue weighted by Gasteiger charge is -2.55. The highest BCUT2D eigenvalue weighted by Gasteiger charge is 2.45. The predicted molar refractivity (Wildman–Crippen MR) is 83.9 cm³/mol. The maximum atomic E-state index is 10.3. The van der Waals surface area contributed by atoms with Gasteiger partial charge in [0.1, 0.15) is 0 Å². The van der Waals surface area contributed by atoms with Crippen LogP contribution in [0.5, 0.6) is 0 Å². The van der Waals surface area contributed by atoms with Gasteiger partial charge in [-0.2, -0.15) is 0 Å². The van der Waals surface area contributed by atoms with Gasteiger partial charge in [0, 0.05) is 29.7 Å². The molecule has 1 saturated heterocycles. The number of nitrogens with zero attached hydrogens (tertiary/aromatic N) is 1. The summed E-state index contributed by atoms with van der Waals surface area (Å²) in [6.45, 7) is 16.1. The number of nitrogens with one attached hydrogen (secondary N) is 1. The van der Waals surface area contributed by atoms with Crippen molar-refractivity contribution in [2.45, 2.75) is 90.1 Å². The van der Waals surface area contributed by atoms with Gasteiger partial charge in [-0.3, -0.25) is 4.90 Å². The van der Waals surface area contributed by atoms with Gasteiger partial charge in [-0.15, -0.1) is 0 Å². The van der Waals surface area contributed by atoms with E-state index in [2.05, 4.69) is 58.7 Å². The van der Waals surface area contributed by atoms with E-state index in [1.54, 1.807) is 0 Å². The highest BCUT2D eigenvalue weighted by molar-refractivity contribution is 5.00. The van der Waals surface area contributed by atoms with Crippen LogP contribution in [0.3, 0.4) is 0 Å². The number of aliphatic hydroxyl groups excluding tert-OH is 2. The molecule has 0 aliphatic carbocycles. The fourth-order valence-electron chi connectivity index (χ4n) is 3.46. The summed E-state index contributed by atoms with van der Waals surface area (Å²) in [5, 5.41) is 23.7. The summed E-state index contributed by atoms with van der Waals surface area (Å²) in [4.78, 5) is 2.35. The third-order valence-electron chi connectivity index (χ3n) is 4.19. The Labute approximate surface area is 124 Å². The van der Waals surface area contributed by atoms with Crippen LogP contribution in [0.2, 0.25) is 0 Å². The Morgan fingerprint density at radius 3 is 2.00 bits per heavy atom. The Kier molecular flexibility index (Phi) is 5.29. The second-order valence-electron chi connectivity index (χ2n) is 8.58. The summed E-state index contributed by atoms with van der Waals surface area (Å²) in [6.07, 6.45) is 0.871. The Hall–Kier alpha value is -0.160. The largest absolute Gasteiger partial charge is 0.393 e. The normalized spacial score (nSPS) is 25.6. The first-order valence-corrected chi connectivity index (χ1v) is 7.72. The second kappa shape index (κ2) is 5.91. The highest BCUT2D eigenvalue weighted by atomic mass is 16.3. The molecule has 0 aromatic rings. The van der Waals surface area contributed by atoms with Crippen LogP contribution in [-0.2, 0) is 0 Å². The minimum Gasteiger partial charge on any atom is -0.393 e. The maximum Gasteiger partial charge on any atom is 0.0791 e. The van der Waals surface area contributed by atoms with E-state index >= 15 is 0 Å². The van der Waals surface area contributed by atoms with Crippen molar-refractivity contribution in [3.05, 3.63) is 0 Å². The molecule has 1 atom stereocenters. The average Bonchev–Trinajstić information content (AvgIpc) is 2.17. The molecule has 0 aromatic carbocycles. The molecule has 3 N–H and O–H groups in total. The van der Waals surface area contributed by atoms with Gasteiger partial charge >= 0.3 is 0 Å². The lowest BCUT2D eigenvalue weighted by atomic mass is 9.78. The Bertz CT molecular complexity index is 303. The van der Waals surface area contributed by atoms with Gasteiger partial charge < -0.3 is 15.5 Å². The second-order valence-corrected chi connectivity index (χ2v) is 8.58. The average molecular weight is 286 g/mol. The van der Waals surface area contributed by atoms with E-state index in [4.69, 9.17) is 0 Å². The number of hydrogen-bond donors (Lipinski definition) is 3. The number of aliphatic hydroxyl groups is 2. The molecule has 4 nitrogen and oxygen atoms in total. The van der Waals surface area contributed by atoms with Crippen molar-refractivity contribution in [2.75, 3.05) is 13.1 Å². The highest BCUT2D eigenvalue weighted by Crippen LogP contribution is 2.38. The van der Waals surface area contributed by atoms with Crippen molar-refractivity contribution in [3.63, 3.8) is 0 Å². The first-order chi connectivity index (χ1) is 8.83. The van der Waals surface area contributed by atoms with E-state index in [-0.39, 0.29) is 22.7 Å². The summed E-state index contributed by atoms with van der Waals surface area (Å²) in [6, 6.07) is 0. The fraction of sp³-hybridized carbons (Fsp3) is 1.00. The molecule has 1 aliphatic heterocycles. The van der Waals surface area contributed by atoms with Crippen LogP contribution >= 0.6 is 0 Å². The van der Waals surface area contributed by atoms with Crippen LogP contribution in [0, 0.1) is 0 Å². The van der Waals surface area contributed by atoms with Crippen molar-refractivity contribution < 1.29 is 10.2 Å². The zero-order valence-electron chi connectivity index (χ0n) is 14.3. The summed E-state index contributed by atoms with van der Waals surface area (Å²) >= 11 is 0. The molecule has 0 amide bonds. The molecule has 0 aromatic heterocycles. The van der Waals surface area contributed by atoms with E-state index in [1.807, 2.05) is 0 Å². The maximum absolute atomic E-state index is 10.3. The Balaban J connectivity index is 2.68. The van der Waals surface area contributed by atoms with Gasteiger partial charge in [-0.25, -0.2) is 0 Å². The molecule has 1 unspecified atom stereocenters. The zero-order chi connectivity index (χ0) is 15.8. The number of β-amino-alcohol motifs (C(OH)–C–C–N with tert-alkyl or cyclic N) is 1. The molecule has 4 heteroatoms. The number of rotatable bonds is 4. The van der Waals surface area contributed by atoms with Gasteiger partial charge in [-0.1, -0.05) is 0 Å². The van der Waals surface area contributed by atoms with E-state index in [0.29, 0.717) is 13.1 Å². The van der Waals surface area contributed by atoms with Crippen molar-refractivity contribution in [2.24, 2.45) is 0 Å². The number of piperidine rings is 1. The number of hydrogen-bond acceptors (Lipinski definition) is 4. The minimum atomic E-state index is -0.400. The molecule has 0 saturated carbocycles. The predicted octanol–water partition coefficient (Wildman–Crippen LogP) is 1.75. The van der Waals surface area contributed by atoms with Crippen molar-refractivity contribution in [1.29, 1.82) is 0 Å². The first-order valence-electron chi connectivity index (χ1n) is 7.72. The van der Waals surface area contributed by atoms with Crippen LogP contribution in [0.1, 0.15) is 61.3 Å². The summed E-state index contributed by atoms with van der Waals surface area (Å²) in [5.41, 5.74) is -0.169. The minimum absolute atomic E-state index is 0.0180. The third-order valence-corrected chi connectivity index (χ3v) is 4.19. The van der Waals surface area contributed by atoms with Gasteiger partial charge in [0.15, 0.2) is 0 Å². The lowest BCUT2D eigenvalue weighted by molar-refractivity contribution is -0.0965. The van der Waals surface area contributed by atoms with E-state index < -0.39 is 6.10 Å². The van der Waals surface area contributed by atoms with Crippen molar-refractivity contribution in [1.82, 2.24) is 10.2 Å². The van der Waals surface area contributed by atoms with E-state index in [1.165, 1.54) is 0 Å². The van der Waals surface area contributed by atoms with Crippen molar-refractivity contribution >= 4 is 0 Å². The van der Waals surface area contributed by atoms with Crippen LogP contribution in [0.25, 0.3) is 0 Å². The van der Waals surface area contributed by atoms with Crippen LogP contribution < -0.4 is 5.32 Å². The zero-order valence-corrected chi connectivity index (χ0v) is 14.3. The molecule has 1 aliphatic rings. The van der Waals surface area contributed by atoms with Crippen LogP contribution in [0.15, 0.2) is 0 Å². The SMILES string of the molecule is CC(C)(C)NCC(O)CN1C(C)(C)CC(O)CC1(C)C. The molecular weight excluding hydrogens is 252 g/mol. The molecule has 0 radical (unpaired) electrons. The molecule has 1 rings (SSSR count). The van der Waals surface area contributed by atoms with Gasteiger partial charge in [0.05, 0.1) is 12.2 Å². The lowest BCUT2D eigenvalue weighted by Crippen LogP contribution is -2.64. The van der Waals surface area contributed by atoms with Gasteiger partial charge in [-0.05, 0) is 61.3 Å². The molecule has 1 heterocycles. The quantitative estimate of drug-likeness (QED) is 0.737. The van der Waals surface area contributed by atoms with E-state index in [0.717, 1.165) is 12.8 Å². The molecule has 120 valence electrons. The molecular formula is C16H34N2O2. The third kappa shape index (κ3) is 4.99. The monoisotopic (exact) mass is 286 g/mol. The molecule has 0 bridgehead atoms. The number of likely N-dealkylation sites (tertiary alicyclic amines) is 1. The topological polar surface area (TPSA) is 55.7 Å². The molecule has 0 spiro atoms. The van der Waals surface area contributed by atoms with E-state index in [9.17, 15) is 10.2 Å². The smallest absolute Gasteiger partial charge is 0.0791 e. The fourth-order valence-corrected chi connectivity index (χ4v) is 3.46. The van der Waals surface area contributed by atoms with Crippen LogP contribution in [0.4, 0.5) is 0 Å². The van der Waals surface area contributed by atoms with Gasteiger partial charge in [0.2, 0.25) is 0 Å². The Morgan fingerprint density at radius 2 is 1.60 bits per heavy atom. The van der Waals surface area contributed by atoms with Gasteiger partial charge in [0.25, 0.3) is 0 Å². The standard InChI is InChI=1S/C16H34N2O2/c1-14(2,3)17-10-13(20)11-18-15(4,5)8-12(19)9-16(18,6)7/h12-13,17,19-20H,8-11H2,1-7H3. The Morgan fingerprint density at radius 1 is 1.15 bits per heavy atom. The summed E-state index contributed by atoms with van der Waals surface area (Å²) in [5.74, 6) is 0. The molecule has 1 fully saturated rings. The summed E-state index contributed by atoms with van der Waals surface area (Å²) < 4.78 is 0. The van der Waals surface area contributed by atoms with Crippen LogP contribution in [-0.4, -0.2) is 57.0 Å². The van der Waals surface area contributed by atoms with Crippen molar-refractivity contribution in [3.8, 4) is 0 Å².